The van der Waals surface area contributed by atoms with Gasteiger partial charge in [0.25, 0.3) is 0 Å². The van der Waals surface area contributed by atoms with Crippen molar-refractivity contribution in [2.45, 2.75) is 6.54 Å². The van der Waals surface area contributed by atoms with E-state index < -0.39 is 5.97 Å². The van der Waals surface area contributed by atoms with Crippen LogP contribution in [-0.2, 0) is 6.54 Å². The summed E-state index contributed by atoms with van der Waals surface area (Å²) in [6, 6.07) is 8.26. The Bertz CT molecular complexity index is 632. The summed E-state index contributed by atoms with van der Waals surface area (Å²) in [6.07, 6.45) is 0. The Morgan fingerprint density at radius 2 is 1.90 bits per heavy atom. The molecule has 0 spiro atoms. The van der Waals surface area contributed by atoms with Crippen LogP contribution in [0.4, 0.5) is 5.69 Å². The van der Waals surface area contributed by atoms with Crippen molar-refractivity contribution in [3.05, 3.63) is 51.8 Å². The first-order chi connectivity index (χ1) is 9.47. The van der Waals surface area contributed by atoms with Crippen LogP contribution in [0, 0.1) is 0 Å². The highest BCUT2D eigenvalue weighted by molar-refractivity contribution is 6.33. The summed E-state index contributed by atoms with van der Waals surface area (Å²) < 4.78 is 0. The number of anilines is 1. The highest BCUT2D eigenvalue weighted by atomic mass is 35.5. The minimum Gasteiger partial charge on any atom is -0.478 e. The number of rotatable bonds is 4. The predicted octanol–water partition coefficient (Wildman–Crippen LogP) is 3.12. The first kappa shape index (κ1) is 14.6. The minimum absolute atomic E-state index is 0.253. The fourth-order valence-corrected chi connectivity index (χ4v) is 2.10. The molecule has 20 heavy (non-hydrogen) atoms. The van der Waals surface area contributed by atoms with Crippen LogP contribution in [0.25, 0.3) is 0 Å². The van der Waals surface area contributed by atoms with E-state index in [9.17, 15) is 4.79 Å². The fourth-order valence-electron chi connectivity index (χ4n) is 1.72. The number of aromatic nitrogens is 2. The first-order valence-electron chi connectivity index (χ1n) is 5.69. The molecule has 0 fully saturated rings. The summed E-state index contributed by atoms with van der Waals surface area (Å²) >= 11 is 11.8. The molecular formula is C13H11Cl2N3O2. The number of aromatic carboxylic acids is 1. The van der Waals surface area contributed by atoms with E-state index in [1.54, 1.807) is 30.3 Å². The van der Waals surface area contributed by atoms with Crippen LogP contribution in [0.15, 0.2) is 30.3 Å². The van der Waals surface area contributed by atoms with Gasteiger partial charge in [0.05, 0.1) is 11.3 Å². The Morgan fingerprint density at radius 3 is 2.50 bits per heavy atom. The smallest absolute Gasteiger partial charge is 0.335 e. The molecule has 1 aromatic heterocycles. The molecule has 104 valence electrons. The molecule has 0 saturated carbocycles. The van der Waals surface area contributed by atoms with E-state index in [1.165, 1.54) is 0 Å². The van der Waals surface area contributed by atoms with Crippen molar-refractivity contribution in [2.75, 3.05) is 11.9 Å². The van der Waals surface area contributed by atoms with Crippen molar-refractivity contribution in [3.8, 4) is 0 Å². The van der Waals surface area contributed by atoms with Crippen LogP contribution in [0.2, 0.25) is 10.3 Å². The summed E-state index contributed by atoms with van der Waals surface area (Å²) in [5, 5.41) is 16.8. The van der Waals surface area contributed by atoms with Crippen LogP contribution < -0.4 is 4.90 Å². The molecular weight excluding hydrogens is 301 g/mol. The predicted molar refractivity (Wildman–Crippen MR) is 77.6 cm³/mol. The molecule has 1 aromatic carbocycles. The molecule has 5 nitrogen and oxygen atoms in total. The van der Waals surface area contributed by atoms with Crippen molar-refractivity contribution in [3.63, 3.8) is 0 Å². The molecule has 0 unspecified atom stereocenters. The van der Waals surface area contributed by atoms with Gasteiger partial charge in [-0.1, -0.05) is 35.3 Å². The molecule has 1 heterocycles. The van der Waals surface area contributed by atoms with Gasteiger partial charge in [0, 0.05) is 19.7 Å². The Hall–Kier alpha value is -1.85. The number of hydrogen-bond acceptors (Lipinski definition) is 4. The van der Waals surface area contributed by atoms with Gasteiger partial charge in [0.2, 0.25) is 0 Å². The maximum atomic E-state index is 10.8. The second-order valence-corrected chi connectivity index (χ2v) is 4.95. The number of nitrogens with zero attached hydrogens (tertiary/aromatic N) is 3. The van der Waals surface area contributed by atoms with Gasteiger partial charge in [-0.25, -0.2) is 4.79 Å². The quantitative estimate of drug-likeness (QED) is 0.939. The summed E-state index contributed by atoms with van der Waals surface area (Å²) in [6.45, 7) is 0.543. The van der Waals surface area contributed by atoms with Crippen molar-refractivity contribution in [1.82, 2.24) is 10.2 Å². The Kier molecular flexibility index (Phi) is 4.42. The molecule has 0 amide bonds. The lowest BCUT2D eigenvalue weighted by molar-refractivity contribution is 0.0697. The Labute approximate surface area is 125 Å². The summed E-state index contributed by atoms with van der Waals surface area (Å²) in [7, 11) is 1.84. The largest absolute Gasteiger partial charge is 0.478 e. The number of carbonyl (C=O) groups is 1. The number of carboxylic acid groups (broad SMARTS) is 1. The molecule has 0 aliphatic heterocycles. The maximum absolute atomic E-state index is 10.8. The second kappa shape index (κ2) is 6.07. The molecule has 0 saturated heterocycles. The van der Waals surface area contributed by atoms with Crippen molar-refractivity contribution in [2.24, 2.45) is 0 Å². The molecule has 0 aliphatic rings. The van der Waals surface area contributed by atoms with Crippen LogP contribution in [0.3, 0.4) is 0 Å². The van der Waals surface area contributed by atoms with E-state index in [1.807, 2.05) is 11.9 Å². The van der Waals surface area contributed by atoms with Gasteiger partial charge in [-0.15, -0.1) is 10.2 Å². The average Bonchev–Trinajstić information content (AvgIpc) is 2.42. The molecule has 7 heteroatoms. The molecule has 1 N–H and O–H groups in total. The molecule has 0 bridgehead atoms. The third-order valence-electron chi connectivity index (χ3n) is 2.73. The zero-order chi connectivity index (χ0) is 14.7. The number of carboxylic acids is 1. The first-order valence-corrected chi connectivity index (χ1v) is 6.45. The van der Waals surface area contributed by atoms with Gasteiger partial charge in [-0.05, 0) is 17.7 Å². The third-order valence-corrected chi connectivity index (χ3v) is 3.19. The fraction of sp³-hybridized carbons (Fsp3) is 0.154. The van der Waals surface area contributed by atoms with Gasteiger partial charge in [0.15, 0.2) is 10.3 Å². The molecule has 0 atom stereocenters. The van der Waals surface area contributed by atoms with E-state index >= 15 is 0 Å². The summed E-state index contributed by atoms with van der Waals surface area (Å²) in [5.41, 5.74) is 1.86. The van der Waals surface area contributed by atoms with Gasteiger partial charge in [0.1, 0.15) is 0 Å². The highest BCUT2D eigenvalue weighted by Gasteiger charge is 2.10. The third kappa shape index (κ3) is 3.37. The lowest BCUT2D eigenvalue weighted by Gasteiger charge is -2.20. The van der Waals surface area contributed by atoms with Gasteiger partial charge >= 0.3 is 5.97 Å². The Morgan fingerprint density at radius 1 is 1.25 bits per heavy atom. The SMILES string of the molecule is CN(Cc1ccc(C(=O)O)cc1)c1cc(Cl)nnc1Cl. The van der Waals surface area contributed by atoms with E-state index in [4.69, 9.17) is 28.3 Å². The van der Waals surface area contributed by atoms with Crippen molar-refractivity contribution < 1.29 is 9.90 Å². The van der Waals surface area contributed by atoms with Crippen LogP contribution >= 0.6 is 23.2 Å². The Balaban J connectivity index is 2.16. The van der Waals surface area contributed by atoms with E-state index in [0.717, 1.165) is 5.56 Å². The van der Waals surface area contributed by atoms with E-state index in [-0.39, 0.29) is 15.9 Å². The molecule has 2 aromatic rings. The number of hydrogen-bond donors (Lipinski definition) is 1. The van der Waals surface area contributed by atoms with Crippen LogP contribution in [0.1, 0.15) is 15.9 Å². The van der Waals surface area contributed by atoms with Crippen molar-refractivity contribution >= 4 is 34.9 Å². The molecule has 2 rings (SSSR count). The normalized spacial score (nSPS) is 10.3. The highest BCUT2D eigenvalue weighted by Crippen LogP contribution is 2.25. The topological polar surface area (TPSA) is 66.3 Å². The zero-order valence-electron chi connectivity index (χ0n) is 10.5. The van der Waals surface area contributed by atoms with Crippen LogP contribution in [0.5, 0.6) is 0 Å². The maximum Gasteiger partial charge on any atom is 0.335 e. The van der Waals surface area contributed by atoms with E-state index in [0.29, 0.717) is 12.2 Å². The molecule has 0 radical (unpaired) electrons. The van der Waals surface area contributed by atoms with Gasteiger partial charge in [-0.2, -0.15) is 0 Å². The lowest BCUT2D eigenvalue weighted by Crippen LogP contribution is -2.17. The average molecular weight is 312 g/mol. The van der Waals surface area contributed by atoms with Gasteiger partial charge in [-0.3, -0.25) is 0 Å². The lowest BCUT2D eigenvalue weighted by atomic mass is 10.1. The standard InChI is InChI=1S/C13H11Cl2N3O2/c1-18(10-6-11(14)16-17-12(10)15)7-8-2-4-9(5-3-8)13(19)20/h2-6H,7H2,1H3,(H,19,20). The zero-order valence-corrected chi connectivity index (χ0v) is 12.1. The second-order valence-electron chi connectivity index (χ2n) is 4.20. The van der Waals surface area contributed by atoms with Gasteiger partial charge < -0.3 is 10.0 Å². The van der Waals surface area contributed by atoms with Crippen LogP contribution in [-0.4, -0.2) is 28.3 Å². The van der Waals surface area contributed by atoms with E-state index in [2.05, 4.69) is 10.2 Å². The monoisotopic (exact) mass is 311 g/mol. The number of halogens is 2. The van der Waals surface area contributed by atoms with Crippen molar-refractivity contribution in [1.29, 1.82) is 0 Å². The minimum atomic E-state index is -0.946. The summed E-state index contributed by atoms with van der Waals surface area (Å²) in [5.74, 6) is -0.946. The molecule has 0 aliphatic carbocycles. The summed E-state index contributed by atoms with van der Waals surface area (Å²) in [4.78, 5) is 12.6. The number of benzene rings is 1.